The number of hydrogen-bond acceptors (Lipinski definition) is 1. The van der Waals surface area contributed by atoms with Crippen molar-refractivity contribution in [1.29, 1.82) is 0 Å². The van der Waals surface area contributed by atoms with Gasteiger partial charge in [0.15, 0.2) is 0 Å². The van der Waals surface area contributed by atoms with Crippen LogP contribution in [0.25, 0.3) is 0 Å². The minimum Gasteiger partial charge on any atom is -0.317 e. The fraction of sp³-hybridized carbons (Fsp3) is 0.333. The molecule has 0 saturated heterocycles. The first-order chi connectivity index (χ1) is 5.94. The quantitative estimate of drug-likeness (QED) is 0.758. The highest BCUT2D eigenvalue weighted by molar-refractivity contribution is 5.24. The summed E-state index contributed by atoms with van der Waals surface area (Å²) in [6.45, 7) is 1.21. The van der Waals surface area contributed by atoms with Gasteiger partial charge in [-0.05, 0) is 24.6 Å². The Balaban J connectivity index is 3.01. The van der Waals surface area contributed by atoms with E-state index in [0.29, 0.717) is 0 Å². The maximum absolute atomic E-state index is 12.4. The summed E-state index contributed by atoms with van der Waals surface area (Å²) in [4.78, 5) is 0. The predicted molar refractivity (Wildman–Crippen MR) is 43.9 cm³/mol. The molecule has 0 fully saturated rings. The van der Waals surface area contributed by atoms with Crippen molar-refractivity contribution < 1.29 is 13.2 Å². The Hall–Kier alpha value is -1.03. The van der Waals surface area contributed by atoms with E-state index in [1.54, 1.807) is 0 Å². The van der Waals surface area contributed by atoms with Gasteiger partial charge in [0, 0.05) is 0 Å². The summed E-state index contributed by atoms with van der Waals surface area (Å²) in [5.74, 6) is -0.464. The van der Waals surface area contributed by atoms with Gasteiger partial charge in [-0.25, -0.2) is 13.2 Å². The molecule has 1 nitrogen and oxygen atoms in total. The summed E-state index contributed by atoms with van der Waals surface area (Å²) in [6, 6.07) is 4.76. The summed E-state index contributed by atoms with van der Waals surface area (Å²) in [6.07, 6.45) is -2.67. The topological polar surface area (TPSA) is 26.0 Å². The highest BCUT2D eigenvalue weighted by Gasteiger charge is 2.32. The maximum Gasteiger partial charge on any atom is 0.260 e. The van der Waals surface area contributed by atoms with Gasteiger partial charge >= 0.3 is 0 Å². The molecule has 1 aromatic carbocycles. The van der Waals surface area contributed by atoms with Gasteiger partial charge in [0.1, 0.15) is 5.82 Å². The number of nitrogens with two attached hydrogens (primary N) is 1. The van der Waals surface area contributed by atoms with Crippen molar-refractivity contribution in [1.82, 2.24) is 0 Å². The molecule has 0 aliphatic rings. The zero-order chi connectivity index (χ0) is 10.1. The van der Waals surface area contributed by atoms with Crippen LogP contribution in [0.4, 0.5) is 13.2 Å². The zero-order valence-corrected chi connectivity index (χ0v) is 7.10. The second-order valence-corrected chi connectivity index (χ2v) is 3.09. The van der Waals surface area contributed by atoms with Gasteiger partial charge in [-0.3, -0.25) is 0 Å². The molecule has 1 atom stereocenters. The molecular formula is C9H10F3N. The third-order valence-electron chi connectivity index (χ3n) is 1.92. The van der Waals surface area contributed by atoms with E-state index in [1.807, 2.05) is 0 Å². The van der Waals surface area contributed by atoms with Crippen LogP contribution in [0.3, 0.4) is 0 Å². The first-order valence-corrected chi connectivity index (χ1v) is 3.77. The first kappa shape index (κ1) is 10.1. The molecule has 72 valence electrons. The monoisotopic (exact) mass is 189 g/mol. The lowest BCUT2D eigenvalue weighted by atomic mass is 9.94. The third-order valence-corrected chi connectivity index (χ3v) is 1.92. The lowest BCUT2D eigenvalue weighted by Crippen LogP contribution is -2.40. The number of alkyl halides is 2. The van der Waals surface area contributed by atoms with Crippen LogP contribution < -0.4 is 5.73 Å². The van der Waals surface area contributed by atoms with Crippen LogP contribution in [0, 0.1) is 5.82 Å². The average Bonchev–Trinajstić information content (AvgIpc) is 2.04. The smallest absolute Gasteiger partial charge is 0.260 e. The maximum atomic E-state index is 12.4. The molecule has 0 aromatic heterocycles. The Morgan fingerprint density at radius 1 is 1.23 bits per heavy atom. The summed E-state index contributed by atoms with van der Waals surface area (Å²) >= 11 is 0. The van der Waals surface area contributed by atoms with E-state index in [-0.39, 0.29) is 5.56 Å². The average molecular weight is 189 g/mol. The van der Waals surface area contributed by atoms with Gasteiger partial charge < -0.3 is 5.73 Å². The molecule has 0 bridgehead atoms. The summed E-state index contributed by atoms with van der Waals surface area (Å²) in [5.41, 5.74) is 3.87. The standard InChI is InChI=1S/C9H10F3N/c1-9(13,8(11)12)6-2-4-7(10)5-3-6/h2-5,8H,13H2,1H3. The zero-order valence-electron chi connectivity index (χ0n) is 7.10. The Morgan fingerprint density at radius 3 is 2.08 bits per heavy atom. The summed E-state index contributed by atoms with van der Waals surface area (Å²) in [7, 11) is 0. The van der Waals surface area contributed by atoms with Crippen molar-refractivity contribution >= 4 is 0 Å². The third kappa shape index (κ3) is 2.01. The van der Waals surface area contributed by atoms with E-state index in [0.717, 1.165) is 12.1 Å². The van der Waals surface area contributed by atoms with Gasteiger partial charge in [-0.2, -0.15) is 0 Å². The van der Waals surface area contributed by atoms with Crippen molar-refractivity contribution in [3.05, 3.63) is 35.6 Å². The molecular weight excluding hydrogens is 179 g/mol. The van der Waals surface area contributed by atoms with E-state index in [9.17, 15) is 13.2 Å². The SMILES string of the molecule is CC(N)(c1ccc(F)cc1)C(F)F. The molecule has 0 aliphatic carbocycles. The molecule has 1 aromatic rings. The summed E-state index contributed by atoms with van der Waals surface area (Å²) < 4.78 is 37.2. The van der Waals surface area contributed by atoms with Gasteiger partial charge in [-0.1, -0.05) is 12.1 Å². The van der Waals surface area contributed by atoms with Crippen LogP contribution in [0.15, 0.2) is 24.3 Å². The van der Waals surface area contributed by atoms with E-state index >= 15 is 0 Å². The van der Waals surface area contributed by atoms with Gasteiger partial charge in [0.25, 0.3) is 6.43 Å². The Kier molecular flexibility index (Phi) is 2.61. The van der Waals surface area contributed by atoms with Crippen molar-refractivity contribution in [3.8, 4) is 0 Å². The van der Waals surface area contributed by atoms with Gasteiger partial charge in [0.2, 0.25) is 0 Å². The lowest BCUT2D eigenvalue weighted by Gasteiger charge is -2.23. The van der Waals surface area contributed by atoms with Crippen LogP contribution >= 0.6 is 0 Å². The van der Waals surface area contributed by atoms with Crippen LogP contribution in [0.5, 0.6) is 0 Å². The van der Waals surface area contributed by atoms with Crippen LogP contribution in [0.1, 0.15) is 12.5 Å². The number of hydrogen-bond donors (Lipinski definition) is 1. The molecule has 1 rings (SSSR count). The minimum absolute atomic E-state index is 0.226. The number of halogens is 3. The van der Waals surface area contributed by atoms with E-state index < -0.39 is 17.8 Å². The Bertz CT molecular complexity index is 279. The van der Waals surface area contributed by atoms with Gasteiger partial charge in [0.05, 0.1) is 5.54 Å². The molecule has 0 saturated carbocycles. The molecule has 0 radical (unpaired) electrons. The predicted octanol–water partition coefficient (Wildman–Crippen LogP) is 2.26. The molecule has 0 amide bonds. The minimum atomic E-state index is -2.67. The van der Waals surface area contributed by atoms with Gasteiger partial charge in [-0.15, -0.1) is 0 Å². The number of rotatable bonds is 2. The van der Waals surface area contributed by atoms with Crippen LogP contribution in [0.2, 0.25) is 0 Å². The fourth-order valence-electron chi connectivity index (χ4n) is 0.935. The summed E-state index contributed by atoms with van der Waals surface area (Å²) in [5, 5.41) is 0. The van der Waals surface area contributed by atoms with Crippen LogP contribution in [-0.2, 0) is 5.54 Å². The van der Waals surface area contributed by atoms with E-state index in [2.05, 4.69) is 0 Å². The number of benzene rings is 1. The molecule has 2 N–H and O–H groups in total. The van der Waals surface area contributed by atoms with E-state index in [4.69, 9.17) is 5.73 Å². The molecule has 0 spiro atoms. The molecule has 4 heteroatoms. The molecule has 13 heavy (non-hydrogen) atoms. The molecule has 1 unspecified atom stereocenters. The van der Waals surface area contributed by atoms with E-state index in [1.165, 1.54) is 19.1 Å². The highest BCUT2D eigenvalue weighted by atomic mass is 19.3. The molecule has 0 aliphatic heterocycles. The van der Waals surface area contributed by atoms with Crippen molar-refractivity contribution in [3.63, 3.8) is 0 Å². The van der Waals surface area contributed by atoms with Crippen molar-refractivity contribution in [2.75, 3.05) is 0 Å². The fourth-order valence-corrected chi connectivity index (χ4v) is 0.935. The lowest BCUT2D eigenvalue weighted by molar-refractivity contribution is 0.0625. The normalized spacial score (nSPS) is 15.8. The molecule has 0 heterocycles. The second kappa shape index (κ2) is 3.38. The van der Waals surface area contributed by atoms with Crippen molar-refractivity contribution in [2.45, 2.75) is 18.9 Å². The largest absolute Gasteiger partial charge is 0.317 e. The van der Waals surface area contributed by atoms with Crippen LogP contribution in [-0.4, -0.2) is 6.43 Å². The Morgan fingerprint density at radius 2 is 1.69 bits per heavy atom. The van der Waals surface area contributed by atoms with Crippen molar-refractivity contribution in [2.24, 2.45) is 5.73 Å². The highest BCUT2D eigenvalue weighted by Crippen LogP contribution is 2.24. The second-order valence-electron chi connectivity index (χ2n) is 3.09. The Labute approximate surface area is 74.4 Å². The first-order valence-electron chi connectivity index (χ1n) is 3.77.